The molecule has 0 saturated heterocycles. The number of ether oxygens (including phenoxy) is 2. The standard InChI is InChI=1S/C15H20N2O2/c1-3-17(4-2)13(11-16)12-6-7-14-15(10-12)19-9-5-8-18-14/h6-7,10,13H,3-5,8-9H2,1-2H3. The monoisotopic (exact) mass is 260 g/mol. The molecule has 0 radical (unpaired) electrons. The van der Waals surface area contributed by atoms with E-state index < -0.39 is 0 Å². The maximum absolute atomic E-state index is 9.41. The Morgan fingerprint density at radius 2 is 1.89 bits per heavy atom. The first-order valence-electron chi connectivity index (χ1n) is 6.83. The first-order valence-corrected chi connectivity index (χ1v) is 6.83. The van der Waals surface area contributed by atoms with E-state index in [0.29, 0.717) is 13.2 Å². The van der Waals surface area contributed by atoms with Gasteiger partial charge in [0.1, 0.15) is 6.04 Å². The molecule has 0 fully saturated rings. The van der Waals surface area contributed by atoms with Crippen LogP contribution in [-0.2, 0) is 0 Å². The highest BCUT2D eigenvalue weighted by Gasteiger charge is 2.20. The van der Waals surface area contributed by atoms with E-state index in [-0.39, 0.29) is 6.04 Å². The van der Waals surface area contributed by atoms with Crippen LogP contribution >= 0.6 is 0 Å². The Kier molecular flexibility index (Phi) is 4.64. The van der Waals surface area contributed by atoms with E-state index >= 15 is 0 Å². The summed E-state index contributed by atoms with van der Waals surface area (Å²) in [7, 11) is 0. The highest BCUT2D eigenvalue weighted by atomic mass is 16.5. The second-order valence-electron chi connectivity index (χ2n) is 4.51. The summed E-state index contributed by atoms with van der Waals surface area (Å²) in [6, 6.07) is 7.94. The number of hydrogen-bond donors (Lipinski definition) is 0. The smallest absolute Gasteiger partial charge is 0.161 e. The second-order valence-corrected chi connectivity index (χ2v) is 4.51. The fourth-order valence-electron chi connectivity index (χ4n) is 2.31. The molecule has 4 nitrogen and oxygen atoms in total. The molecule has 0 saturated carbocycles. The molecule has 102 valence electrons. The zero-order chi connectivity index (χ0) is 13.7. The minimum Gasteiger partial charge on any atom is -0.490 e. The molecule has 1 atom stereocenters. The van der Waals surface area contributed by atoms with Gasteiger partial charge in [-0.25, -0.2) is 0 Å². The van der Waals surface area contributed by atoms with Gasteiger partial charge in [-0.1, -0.05) is 19.9 Å². The van der Waals surface area contributed by atoms with Crippen molar-refractivity contribution in [1.82, 2.24) is 4.90 Å². The average Bonchev–Trinajstić information content (AvgIpc) is 2.69. The van der Waals surface area contributed by atoms with Gasteiger partial charge in [-0.05, 0) is 30.8 Å². The van der Waals surface area contributed by atoms with Gasteiger partial charge in [0.25, 0.3) is 0 Å². The molecule has 1 aliphatic heterocycles. The van der Waals surface area contributed by atoms with E-state index in [0.717, 1.165) is 36.6 Å². The summed E-state index contributed by atoms with van der Waals surface area (Å²) in [5.74, 6) is 1.53. The van der Waals surface area contributed by atoms with Crippen LogP contribution in [0.15, 0.2) is 18.2 Å². The van der Waals surface area contributed by atoms with Gasteiger partial charge in [-0.15, -0.1) is 0 Å². The summed E-state index contributed by atoms with van der Waals surface area (Å²) < 4.78 is 11.3. The van der Waals surface area contributed by atoms with Crippen molar-refractivity contribution in [2.45, 2.75) is 26.3 Å². The van der Waals surface area contributed by atoms with E-state index in [1.165, 1.54) is 0 Å². The molecule has 0 N–H and O–H groups in total. The van der Waals surface area contributed by atoms with Crippen LogP contribution in [0.25, 0.3) is 0 Å². The molecule has 4 heteroatoms. The summed E-state index contributed by atoms with van der Waals surface area (Å²) in [4.78, 5) is 2.12. The van der Waals surface area contributed by atoms with Crippen LogP contribution in [0.4, 0.5) is 0 Å². The Hall–Kier alpha value is -1.73. The third kappa shape index (κ3) is 2.99. The molecule has 1 aromatic carbocycles. The van der Waals surface area contributed by atoms with Crippen LogP contribution < -0.4 is 9.47 Å². The Bertz CT molecular complexity index is 464. The number of nitriles is 1. The quantitative estimate of drug-likeness (QED) is 0.835. The van der Waals surface area contributed by atoms with Crippen molar-refractivity contribution in [3.05, 3.63) is 23.8 Å². The van der Waals surface area contributed by atoms with E-state index in [2.05, 4.69) is 24.8 Å². The topological polar surface area (TPSA) is 45.5 Å². The number of hydrogen-bond acceptors (Lipinski definition) is 4. The van der Waals surface area contributed by atoms with Gasteiger partial charge in [0.05, 0.1) is 19.3 Å². The van der Waals surface area contributed by atoms with Crippen molar-refractivity contribution < 1.29 is 9.47 Å². The lowest BCUT2D eigenvalue weighted by Gasteiger charge is -2.24. The van der Waals surface area contributed by atoms with Gasteiger partial charge in [0.15, 0.2) is 11.5 Å². The third-order valence-corrected chi connectivity index (χ3v) is 3.39. The average molecular weight is 260 g/mol. The van der Waals surface area contributed by atoms with Gasteiger partial charge in [0, 0.05) is 6.42 Å². The number of nitrogens with zero attached hydrogens (tertiary/aromatic N) is 2. The number of benzene rings is 1. The van der Waals surface area contributed by atoms with Crippen LogP contribution in [0, 0.1) is 11.3 Å². The minimum atomic E-state index is -0.229. The predicted octanol–water partition coefficient (Wildman–Crippen LogP) is 2.75. The van der Waals surface area contributed by atoms with Gasteiger partial charge < -0.3 is 9.47 Å². The summed E-state index contributed by atoms with van der Waals surface area (Å²) in [5.41, 5.74) is 0.968. The fourth-order valence-corrected chi connectivity index (χ4v) is 2.31. The molecular weight excluding hydrogens is 240 g/mol. The van der Waals surface area contributed by atoms with Crippen LogP contribution in [-0.4, -0.2) is 31.2 Å². The Morgan fingerprint density at radius 3 is 2.53 bits per heavy atom. The normalized spacial score (nSPS) is 15.7. The van der Waals surface area contributed by atoms with Crippen LogP contribution in [0.3, 0.4) is 0 Å². The molecule has 2 rings (SSSR count). The van der Waals surface area contributed by atoms with Crippen molar-refractivity contribution in [3.8, 4) is 17.6 Å². The van der Waals surface area contributed by atoms with E-state index in [9.17, 15) is 5.26 Å². The summed E-state index contributed by atoms with van der Waals surface area (Å²) >= 11 is 0. The lowest BCUT2D eigenvalue weighted by Crippen LogP contribution is -2.27. The van der Waals surface area contributed by atoms with Crippen LogP contribution in [0.2, 0.25) is 0 Å². The van der Waals surface area contributed by atoms with Crippen molar-refractivity contribution in [1.29, 1.82) is 5.26 Å². The highest BCUT2D eigenvalue weighted by Crippen LogP contribution is 2.33. The first kappa shape index (κ1) is 13.7. The summed E-state index contributed by atoms with van der Waals surface area (Å²) in [5, 5.41) is 9.41. The molecule has 1 aliphatic rings. The lowest BCUT2D eigenvalue weighted by atomic mass is 10.1. The highest BCUT2D eigenvalue weighted by molar-refractivity contribution is 5.45. The Labute approximate surface area is 114 Å². The third-order valence-electron chi connectivity index (χ3n) is 3.39. The van der Waals surface area contributed by atoms with Gasteiger partial charge >= 0.3 is 0 Å². The van der Waals surface area contributed by atoms with Crippen LogP contribution in [0.5, 0.6) is 11.5 Å². The summed E-state index contributed by atoms with van der Waals surface area (Å²) in [6.45, 7) is 7.18. The maximum Gasteiger partial charge on any atom is 0.161 e. The number of fused-ring (bicyclic) bond motifs is 1. The Morgan fingerprint density at radius 1 is 1.21 bits per heavy atom. The van der Waals surface area contributed by atoms with Gasteiger partial charge in [-0.3, -0.25) is 4.90 Å². The number of rotatable bonds is 4. The van der Waals surface area contributed by atoms with Crippen molar-refractivity contribution in [2.75, 3.05) is 26.3 Å². The minimum absolute atomic E-state index is 0.229. The van der Waals surface area contributed by atoms with E-state index in [1.807, 2.05) is 18.2 Å². The molecule has 1 aromatic rings. The Balaban J connectivity index is 2.29. The SMILES string of the molecule is CCN(CC)C(C#N)c1ccc2c(c1)OCCCO2. The van der Waals surface area contributed by atoms with Crippen molar-refractivity contribution in [2.24, 2.45) is 0 Å². The molecule has 0 bridgehead atoms. The lowest BCUT2D eigenvalue weighted by molar-refractivity contribution is 0.261. The maximum atomic E-state index is 9.41. The molecule has 0 aliphatic carbocycles. The summed E-state index contributed by atoms with van der Waals surface area (Å²) in [6.07, 6.45) is 0.891. The van der Waals surface area contributed by atoms with Gasteiger partial charge in [0.2, 0.25) is 0 Å². The molecule has 1 heterocycles. The zero-order valence-corrected chi connectivity index (χ0v) is 11.6. The van der Waals surface area contributed by atoms with Crippen molar-refractivity contribution >= 4 is 0 Å². The molecule has 19 heavy (non-hydrogen) atoms. The van der Waals surface area contributed by atoms with Crippen LogP contribution in [0.1, 0.15) is 31.9 Å². The van der Waals surface area contributed by atoms with Gasteiger partial charge in [-0.2, -0.15) is 5.26 Å². The molecule has 0 spiro atoms. The van der Waals surface area contributed by atoms with E-state index in [4.69, 9.17) is 9.47 Å². The van der Waals surface area contributed by atoms with E-state index in [1.54, 1.807) is 0 Å². The largest absolute Gasteiger partial charge is 0.490 e. The fraction of sp³-hybridized carbons (Fsp3) is 0.533. The molecule has 0 aromatic heterocycles. The predicted molar refractivity (Wildman–Crippen MR) is 73.3 cm³/mol. The zero-order valence-electron chi connectivity index (χ0n) is 11.6. The molecule has 1 unspecified atom stereocenters. The second kappa shape index (κ2) is 6.44. The first-order chi connectivity index (χ1) is 9.30. The van der Waals surface area contributed by atoms with Crippen molar-refractivity contribution in [3.63, 3.8) is 0 Å². The molecular formula is C15H20N2O2. The molecule has 0 amide bonds.